The Morgan fingerprint density at radius 2 is 2.27 bits per heavy atom. The number of rotatable bonds is 4. The van der Waals surface area contributed by atoms with Crippen LogP contribution < -0.4 is 11.1 Å². The second-order valence-electron chi connectivity index (χ2n) is 5.45. The summed E-state index contributed by atoms with van der Waals surface area (Å²) in [5.41, 5.74) is 5.94. The van der Waals surface area contributed by atoms with Crippen LogP contribution in [0.15, 0.2) is 0 Å². The van der Waals surface area contributed by atoms with E-state index in [1.54, 1.807) is 0 Å². The van der Waals surface area contributed by atoms with Gasteiger partial charge in [0.15, 0.2) is 0 Å². The molecule has 88 valence electrons. The summed E-state index contributed by atoms with van der Waals surface area (Å²) in [5, 5.41) is 3.12. The zero-order valence-electron chi connectivity index (χ0n) is 10.2. The number of carbonyl (C=O) groups is 1. The molecule has 0 aromatic carbocycles. The van der Waals surface area contributed by atoms with Crippen molar-refractivity contribution >= 4 is 5.91 Å². The highest BCUT2D eigenvalue weighted by molar-refractivity contribution is 5.79. The van der Waals surface area contributed by atoms with E-state index in [4.69, 9.17) is 5.73 Å². The maximum Gasteiger partial charge on any atom is 0.224 e. The Kier molecular flexibility index (Phi) is 4.14. The molecule has 1 rings (SSSR count). The summed E-state index contributed by atoms with van der Waals surface area (Å²) in [7, 11) is 0. The van der Waals surface area contributed by atoms with Gasteiger partial charge in [0.25, 0.3) is 0 Å². The zero-order valence-corrected chi connectivity index (χ0v) is 10.2. The first-order chi connectivity index (χ1) is 6.98. The Bertz CT molecular complexity index is 222. The summed E-state index contributed by atoms with van der Waals surface area (Å²) < 4.78 is 0. The molecule has 0 aromatic rings. The smallest absolute Gasteiger partial charge is 0.224 e. The number of hydrogen-bond donors (Lipinski definition) is 2. The van der Waals surface area contributed by atoms with Crippen molar-refractivity contribution in [1.82, 2.24) is 5.32 Å². The number of nitrogens with two attached hydrogens (primary N) is 1. The highest BCUT2D eigenvalue weighted by Crippen LogP contribution is 2.36. The summed E-state index contributed by atoms with van der Waals surface area (Å²) in [4.78, 5) is 11.8. The van der Waals surface area contributed by atoms with Crippen LogP contribution in [0.3, 0.4) is 0 Å². The van der Waals surface area contributed by atoms with Crippen molar-refractivity contribution in [3.63, 3.8) is 0 Å². The van der Waals surface area contributed by atoms with Gasteiger partial charge < -0.3 is 11.1 Å². The molecule has 1 aliphatic rings. The van der Waals surface area contributed by atoms with Gasteiger partial charge in [-0.05, 0) is 31.1 Å². The number of nitrogens with one attached hydrogen (secondary N) is 1. The highest BCUT2D eigenvalue weighted by Gasteiger charge is 2.32. The molecule has 2 atom stereocenters. The average Bonchev–Trinajstić information content (AvgIpc) is 2.47. The van der Waals surface area contributed by atoms with Crippen LogP contribution >= 0.6 is 0 Å². The summed E-state index contributed by atoms with van der Waals surface area (Å²) in [5.74, 6) is 0.136. The van der Waals surface area contributed by atoms with E-state index in [9.17, 15) is 4.79 Å². The molecule has 1 saturated carbocycles. The lowest BCUT2D eigenvalue weighted by Gasteiger charge is -2.20. The minimum absolute atomic E-state index is 0.00582. The molecule has 0 spiro atoms. The van der Waals surface area contributed by atoms with E-state index in [1.807, 2.05) is 6.92 Å². The molecule has 3 N–H and O–H groups in total. The van der Waals surface area contributed by atoms with Crippen molar-refractivity contribution in [2.45, 2.75) is 52.5 Å². The molecule has 15 heavy (non-hydrogen) atoms. The molecule has 0 aromatic heterocycles. The Labute approximate surface area is 92.8 Å². The van der Waals surface area contributed by atoms with E-state index >= 15 is 0 Å². The molecule has 0 saturated heterocycles. The maximum atomic E-state index is 11.8. The predicted octanol–water partition coefficient (Wildman–Crippen LogP) is 1.67. The minimum Gasteiger partial charge on any atom is -0.353 e. The van der Waals surface area contributed by atoms with E-state index in [-0.39, 0.29) is 11.8 Å². The molecule has 3 heteroatoms. The van der Waals surface area contributed by atoms with Gasteiger partial charge in [0.05, 0.1) is 0 Å². The van der Waals surface area contributed by atoms with Crippen LogP contribution in [0.2, 0.25) is 0 Å². The molecule has 3 nitrogen and oxygen atoms in total. The summed E-state index contributed by atoms with van der Waals surface area (Å²) in [6, 6.07) is 0.369. The second kappa shape index (κ2) is 4.97. The van der Waals surface area contributed by atoms with Crippen LogP contribution in [0, 0.1) is 11.3 Å². The van der Waals surface area contributed by atoms with Crippen molar-refractivity contribution in [1.29, 1.82) is 0 Å². The van der Waals surface area contributed by atoms with Gasteiger partial charge in [-0.2, -0.15) is 0 Å². The minimum atomic E-state index is -0.00582. The van der Waals surface area contributed by atoms with E-state index in [0.29, 0.717) is 18.0 Å². The lowest BCUT2D eigenvalue weighted by atomic mass is 9.92. The predicted molar refractivity (Wildman–Crippen MR) is 62.4 cm³/mol. The molecule has 0 radical (unpaired) electrons. The molecular weight excluding hydrogens is 188 g/mol. The van der Waals surface area contributed by atoms with Crippen LogP contribution in [0.1, 0.15) is 46.5 Å². The quantitative estimate of drug-likeness (QED) is 0.744. The van der Waals surface area contributed by atoms with Crippen LogP contribution in [0.5, 0.6) is 0 Å². The fourth-order valence-electron chi connectivity index (χ4n) is 2.34. The lowest BCUT2D eigenvalue weighted by molar-refractivity contribution is -0.125. The van der Waals surface area contributed by atoms with Crippen molar-refractivity contribution < 1.29 is 4.79 Å². The van der Waals surface area contributed by atoms with Gasteiger partial charge in [-0.25, -0.2) is 0 Å². The third-order valence-electron chi connectivity index (χ3n) is 3.46. The van der Waals surface area contributed by atoms with Crippen LogP contribution in [0.25, 0.3) is 0 Å². The van der Waals surface area contributed by atoms with Crippen LogP contribution in [0.4, 0.5) is 0 Å². The van der Waals surface area contributed by atoms with Crippen LogP contribution in [-0.4, -0.2) is 18.5 Å². The third kappa shape index (κ3) is 3.49. The summed E-state index contributed by atoms with van der Waals surface area (Å²) >= 11 is 0. The molecule has 1 fully saturated rings. The van der Waals surface area contributed by atoms with Crippen molar-refractivity contribution in [3.05, 3.63) is 0 Å². The fraction of sp³-hybridized carbons (Fsp3) is 0.917. The lowest BCUT2D eigenvalue weighted by Crippen LogP contribution is -2.40. The third-order valence-corrected chi connectivity index (χ3v) is 3.46. The molecule has 0 bridgehead atoms. The Hall–Kier alpha value is -0.570. The normalized spacial score (nSPS) is 26.3. The number of carbonyl (C=O) groups excluding carboxylic acids is 1. The standard InChI is InChI=1S/C12H24N2O/c1-4-9(8-13)11(15)14-10-5-6-12(2,3)7-10/h9-10H,4-8,13H2,1-3H3,(H,14,15). The summed E-state index contributed by atoms with van der Waals surface area (Å²) in [6.45, 7) is 6.99. The molecule has 1 amide bonds. The Balaban J connectivity index is 2.39. The topological polar surface area (TPSA) is 55.1 Å². The first-order valence-electron chi connectivity index (χ1n) is 5.99. The maximum absolute atomic E-state index is 11.8. The first-order valence-corrected chi connectivity index (χ1v) is 5.99. The molecule has 0 heterocycles. The summed E-state index contributed by atoms with van der Waals surface area (Å²) in [6.07, 6.45) is 4.25. The SMILES string of the molecule is CCC(CN)C(=O)NC1CCC(C)(C)C1. The Morgan fingerprint density at radius 3 is 2.67 bits per heavy atom. The van der Waals surface area contributed by atoms with Crippen LogP contribution in [-0.2, 0) is 4.79 Å². The van der Waals surface area contributed by atoms with Crippen molar-refractivity contribution in [2.24, 2.45) is 17.1 Å². The molecule has 2 unspecified atom stereocenters. The fourth-order valence-corrected chi connectivity index (χ4v) is 2.34. The van der Waals surface area contributed by atoms with Gasteiger partial charge in [0.1, 0.15) is 0 Å². The van der Waals surface area contributed by atoms with E-state index in [1.165, 1.54) is 6.42 Å². The number of hydrogen-bond acceptors (Lipinski definition) is 2. The van der Waals surface area contributed by atoms with Gasteiger partial charge in [-0.1, -0.05) is 20.8 Å². The van der Waals surface area contributed by atoms with Gasteiger partial charge in [-0.15, -0.1) is 0 Å². The van der Waals surface area contributed by atoms with Crippen molar-refractivity contribution in [2.75, 3.05) is 6.54 Å². The first kappa shape index (κ1) is 12.5. The van der Waals surface area contributed by atoms with E-state index in [2.05, 4.69) is 19.2 Å². The molecular formula is C12H24N2O. The highest BCUT2D eigenvalue weighted by atomic mass is 16.1. The zero-order chi connectivity index (χ0) is 11.5. The monoisotopic (exact) mass is 212 g/mol. The second-order valence-corrected chi connectivity index (χ2v) is 5.45. The molecule has 0 aliphatic heterocycles. The molecule has 1 aliphatic carbocycles. The number of amides is 1. The van der Waals surface area contributed by atoms with E-state index < -0.39 is 0 Å². The largest absolute Gasteiger partial charge is 0.353 e. The van der Waals surface area contributed by atoms with Gasteiger partial charge >= 0.3 is 0 Å². The Morgan fingerprint density at radius 1 is 1.60 bits per heavy atom. The van der Waals surface area contributed by atoms with Gasteiger partial charge in [-0.3, -0.25) is 4.79 Å². The average molecular weight is 212 g/mol. The van der Waals surface area contributed by atoms with Gasteiger partial charge in [0.2, 0.25) is 5.91 Å². The van der Waals surface area contributed by atoms with Gasteiger partial charge in [0, 0.05) is 18.5 Å². The van der Waals surface area contributed by atoms with Crippen molar-refractivity contribution in [3.8, 4) is 0 Å². The van der Waals surface area contributed by atoms with E-state index in [0.717, 1.165) is 19.3 Å².